The summed E-state index contributed by atoms with van der Waals surface area (Å²) in [5, 5.41) is 4.87. The van der Waals surface area contributed by atoms with Gasteiger partial charge in [0.2, 0.25) is 10.0 Å². The molecule has 0 spiro atoms. The molecule has 0 radical (unpaired) electrons. The van der Waals surface area contributed by atoms with Gasteiger partial charge in [-0.3, -0.25) is 0 Å². The van der Waals surface area contributed by atoms with Gasteiger partial charge in [-0.15, -0.1) is 6.58 Å². The lowest BCUT2D eigenvalue weighted by atomic mass is 9.99. The standard InChI is InChI=1S/C7H15NO2S/c1-4-6(2)7(3)5-11(8,9)10/h4,6-7H,1,5H2,2-3H3,(H2,8,9,10). The normalized spacial score (nSPS) is 17.4. The lowest BCUT2D eigenvalue weighted by molar-refractivity contribution is 0.495. The lowest BCUT2D eigenvalue weighted by Gasteiger charge is -2.13. The summed E-state index contributed by atoms with van der Waals surface area (Å²) in [5.41, 5.74) is 0. The van der Waals surface area contributed by atoms with Crippen LogP contribution < -0.4 is 5.14 Å². The Bertz CT molecular complexity index is 221. The summed E-state index contributed by atoms with van der Waals surface area (Å²) in [4.78, 5) is 0. The molecule has 0 aliphatic rings. The van der Waals surface area contributed by atoms with Gasteiger partial charge in [0.15, 0.2) is 0 Å². The number of sulfonamides is 1. The smallest absolute Gasteiger partial charge is 0.209 e. The average Bonchev–Trinajstić information content (AvgIpc) is 1.82. The fraction of sp³-hybridized carbons (Fsp3) is 0.714. The van der Waals surface area contributed by atoms with Crippen LogP contribution in [0.1, 0.15) is 13.8 Å². The van der Waals surface area contributed by atoms with Gasteiger partial charge in [0.25, 0.3) is 0 Å². The van der Waals surface area contributed by atoms with Crippen LogP contribution in [0.15, 0.2) is 12.7 Å². The minimum atomic E-state index is -3.33. The molecule has 0 aromatic heterocycles. The van der Waals surface area contributed by atoms with Crippen molar-refractivity contribution in [2.24, 2.45) is 17.0 Å². The summed E-state index contributed by atoms with van der Waals surface area (Å²) in [6.07, 6.45) is 1.73. The minimum Gasteiger partial charge on any atom is -0.229 e. The van der Waals surface area contributed by atoms with E-state index in [9.17, 15) is 8.42 Å². The lowest BCUT2D eigenvalue weighted by Crippen LogP contribution is -2.24. The third kappa shape index (κ3) is 4.98. The molecule has 2 N–H and O–H groups in total. The highest BCUT2D eigenvalue weighted by Gasteiger charge is 2.14. The largest absolute Gasteiger partial charge is 0.229 e. The highest BCUT2D eigenvalue weighted by Crippen LogP contribution is 2.12. The van der Waals surface area contributed by atoms with Crippen molar-refractivity contribution < 1.29 is 8.42 Å². The van der Waals surface area contributed by atoms with E-state index in [1.165, 1.54) is 0 Å². The topological polar surface area (TPSA) is 60.2 Å². The van der Waals surface area contributed by atoms with E-state index < -0.39 is 10.0 Å². The van der Waals surface area contributed by atoms with Crippen LogP contribution in [0.5, 0.6) is 0 Å². The van der Waals surface area contributed by atoms with Crippen LogP contribution in [0.2, 0.25) is 0 Å². The zero-order valence-corrected chi connectivity index (χ0v) is 7.76. The average molecular weight is 177 g/mol. The summed E-state index contributed by atoms with van der Waals surface area (Å²) in [7, 11) is -3.33. The first-order valence-electron chi connectivity index (χ1n) is 3.50. The molecule has 3 nitrogen and oxygen atoms in total. The molecule has 0 bridgehead atoms. The maximum absolute atomic E-state index is 10.6. The van der Waals surface area contributed by atoms with Crippen LogP contribution in [0.4, 0.5) is 0 Å². The SMILES string of the molecule is C=CC(C)C(C)CS(N)(=O)=O. The van der Waals surface area contributed by atoms with E-state index in [1.807, 2.05) is 13.8 Å². The van der Waals surface area contributed by atoms with Crippen LogP contribution in [-0.2, 0) is 10.0 Å². The van der Waals surface area contributed by atoms with Gasteiger partial charge in [0.05, 0.1) is 5.75 Å². The molecule has 66 valence electrons. The van der Waals surface area contributed by atoms with Gasteiger partial charge >= 0.3 is 0 Å². The van der Waals surface area contributed by atoms with Gasteiger partial charge in [0, 0.05) is 0 Å². The summed E-state index contributed by atoms with van der Waals surface area (Å²) in [6, 6.07) is 0. The molecule has 0 aromatic rings. The van der Waals surface area contributed by atoms with Crippen molar-refractivity contribution in [2.45, 2.75) is 13.8 Å². The Morgan fingerprint density at radius 3 is 2.27 bits per heavy atom. The van der Waals surface area contributed by atoms with E-state index in [1.54, 1.807) is 6.08 Å². The maximum Gasteiger partial charge on any atom is 0.209 e. The Hall–Kier alpha value is -0.350. The Morgan fingerprint density at radius 1 is 1.55 bits per heavy atom. The second kappa shape index (κ2) is 3.88. The number of hydrogen-bond donors (Lipinski definition) is 1. The van der Waals surface area contributed by atoms with E-state index in [4.69, 9.17) is 5.14 Å². The van der Waals surface area contributed by atoms with E-state index >= 15 is 0 Å². The predicted molar refractivity (Wildman–Crippen MR) is 46.5 cm³/mol. The molecular formula is C7H15NO2S. The summed E-state index contributed by atoms with van der Waals surface area (Å²) in [5.74, 6) is 0.260. The third-order valence-corrected chi connectivity index (χ3v) is 2.75. The van der Waals surface area contributed by atoms with Crippen molar-refractivity contribution in [1.29, 1.82) is 0 Å². The number of rotatable bonds is 4. The zero-order chi connectivity index (χ0) is 9.07. The monoisotopic (exact) mass is 177 g/mol. The highest BCUT2D eigenvalue weighted by molar-refractivity contribution is 7.89. The van der Waals surface area contributed by atoms with E-state index in [2.05, 4.69) is 6.58 Å². The highest BCUT2D eigenvalue weighted by atomic mass is 32.2. The van der Waals surface area contributed by atoms with Crippen molar-refractivity contribution in [3.05, 3.63) is 12.7 Å². The van der Waals surface area contributed by atoms with Gasteiger partial charge in [-0.2, -0.15) is 0 Å². The van der Waals surface area contributed by atoms with Crippen LogP contribution in [0.25, 0.3) is 0 Å². The number of allylic oxidation sites excluding steroid dienone is 1. The summed E-state index contributed by atoms with van der Waals surface area (Å²) in [6.45, 7) is 7.34. The van der Waals surface area contributed by atoms with Crippen LogP contribution in [0, 0.1) is 11.8 Å². The molecule has 0 amide bonds. The molecule has 0 rings (SSSR count). The Morgan fingerprint density at radius 2 is 2.00 bits per heavy atom. The molecule has 2 atom stereocenters. The Balaban J connectivity index is 4.08. The van der Waals surface area contributed by atoms with E-state index in [0.29, 0.717) is 0 Å². The third-order valence-electron chi connectivity index (χ3n) is 1.76. The first-order chi connectivity index (χ1) is 4.87. The van der Waals surface area contributed by atoms with Crippen molar-refractivity contribution in [1.82, 2.24) is 0 Å². The molecule has 4 heteroatoms. The van der Waals surface area contributed by atoms with Gasteiger partial charge in [-0.1, -0.05) is 19.9 Å². The minimum absolute atomic E-state index is 0.0280. The maximum atomic E-state index is 10.6. The molecular weight excluding hydrogens is 162 g/mol. The molecule has 0 saturated heterocycles. The Kier molecular flexibility index (Phi) is 3.75. The van der Waals surface area contributed by atoms with Crippen LogP contribution in [0.3, 0.4) is 0 Å². The molecule has 0 aromatic carbocycles. The Labute approximate surface area is 68.3 Å². The second-order valence-electron chi connectivity index (χ2n) is 2.90. The van der Waals surface area contributed by atoms with E-state index in [0.717, 1.165) is 0 Å². The first-order valence-corrected chi connectivity index (χ1v) is 5.21. The molecule has 0 fully saturated rings. The van der Waals surface area contributed by atoms with Crippen molar-refractivity contribution >= 4 is 10.0 Å². The van der Waals surface area contributed by atoms with Gasteiger partial charge < -0.3 is 0 Å². The molecule has 11 heavy (non-hydrogen) atoms. The van der Waals surface area contributed by atoms with E-state index in [-0.39, 0.29) is 17.6 Å². The molecule has 2 unspecified atom stereocenters. The second-order valence-corrected chi connectivity index (χ2v) is 4.56. The number of primary sulfonamides is 1. The van der Waals surface area contributed by atoms with Crippen LogP contribution in [-0.4, -0.2) is 14.2 Å². The first kappa shape index (κ1) is 10.7. The number of nitrogens with two attached hydrogens (primary N) is 1. The zero-order valence-electron chi connectivity index (χ0n) is 6.95. The summed E-state index contributed by atoms with van der Waals surface area (Å²) >= 11 is 0. The van der Waals surface area contributed by atoms with Gasteiger partial charge in [-0.05, 0) is 11.8 Å². The van der Waals surface area contributed by atoms with Crippen LogP contribution >= 0.6 is 0 Å². The van der Waals surface area contributed by atoms with Gasteiger partial charge in [-0.25, -0.2) is 13.6 Å². The molecule has 0 heterocycles. The van der Waals surface area contributed by atoms with Crippen molar-refractivity contribution in [2.75, 3.05) is 5.75 Å². The fourth-order valence-electron chi connectivity index (χ4n) is 0.751. The fourth-order valence-corrected chi connectivity index (χ4v) is 1.79. The quantitative estimate of drug-likeness (QED) is 0.644. The molecule has 0 saturated carbocycles. The summed E-state index contributed by atoms with van der Waals surface area (Å²) < 4.78 is 21.2. The van der Waals surface area contributed by atoms with Crippen molar-refractivity contribution in [3.8, 4) is 0 Å². The number of hydrogen-bond acceptors (Lipinski definition) is 2. The van der Waals surface area contributed by atoms with Gasteiger partial charge in [0.1, 0.15) is 0 Å². The molecule has 0 aliphatic carbocycles. The van der Waals surface area contributed by atoms with Crippen molar-refractivity contribution in [3.63, 3.8) is 0 Å². The predicted octanol–water partition coefficient (Wildman–Crippen LogP) is 0.733. The molecule has 0 aliphatic heterocycles.